The number of nitrogens with one attached hydrogen (secondary N) is 1. The summed E-state index contributed by atoms with van der Waals surface area (Å²) in [6, 6.07) is 11.4. The summed E-state index contributed by atoms with van der Waals surface area (Å²) in [6.07, 6.45) is 0. The van der Waals surface area contributed by atoms with Gasteiger partial charge in [-0.3, -0.25) is 10.1 Å². The van der Waals surface area contributed by atoms with Crippen molar-refractivity contribution >= 4 is 22.8 Å². The average molecular weight is 364 g/mol. The molecule has 0 bridgehead atoms. The Morgan fingerprint density at radius 3 is 2.56 bits per heavy atom. The number of nitrogens with zero attached hydrogens (tertiary/aromatic N) is 1. The number of aryl methyl sites for hydroxylation is 3. The third-order valence-corrected chi connectivity index (χ3v) is 4.46. The highest BCUT2D eigenvalue weighted by Gasteiger charge is 2.20. The number of aromatic nitrogens is 1. The molecular weight excluding hydrogens is 347 g/mol. The lowest BCUT2D eigenvalue weighted by atomic mass is 10.0. The SMILES string of the molecule is Cc1cc(C)c2c(C)c(C(=O)Nc3cc(-c4ccc(F)cc4)no3)oc2c1. The van der Waals surface area contributed by atoms with E-state index in [2.05, 4.69) is 16.5 Å². The Kier molecular flexibility index (Phi) is 4.03. The van der Waals surface area contributed by atoms with Crippen molar-refractivity contribution in [3.05, 3.63) is 70.7 Å². The number of carbonyl (C=O) groups excluding carboxylic acids is 1. The number of furan rings is 1. The first kappa shape index (κ1) is 17.0. The third-order valence-electron chi connectivity index (χ3n) is 4.46. The minimum Gasteiger partial charge on any atom is -0.451 e. The molecule has 0 atom stereocenters. The Balaban J connectivity index is 1.61. The van der Waals surface area contributed by atoms with E-state index in [9.17, 15) is 9.18 Å². The number of halogens is 1. The Hall–Kier alpha value is -3.41. The second kappa shape index (κ2) is 6.39. The number of fused-ring (bicyclic) bond motifs is 1. The quantitative estimate of drug-likeness (QED) is 0.528. The van der Waals surface area contributed by atoms with Crippen LogP contribution in [0.1, 0.15) is 27.2 Å². The number of amides is 1. The van der Waals surface area contributed by atoms with Gasteiger partial charge in [0.2, 0.25) is 5.88 Å². The maximum atomic E-state index is 13.0. The summed E-state index contributed by atoms with van der Waals surface area (Å²) in [5.41, 5.74) is 4.77. The van der Waals surface area contributed by atoms with E-state index in [-0.39, 0.29) is 17.5 Å². The van der Waals surface area contributed by atoms with Crippen molar-refractivity contribution in [1.82, 2.24) is 5.16 Å². The molecule has 0 fully saturated rings. The number of anilines is 1. The van der Waals surface area contributed by atoms with E-state index in [0.29, 0.717) is 16.8 Å². The van der Waals surface area contributed by atoms with Crippen LogP contribution in [0.4, 0.5) is 10.3 Å². The summed E-state index contributed by atoms with van der Waals surface area (Å²) in [4.78, 5) is 12.6. The molecule has 0 unspecified atom stereocenters. The van der Waals surface area contributed by atoms with E-state index >= 15 is 0 Å². The second-order valence-electron chi connectivity index (χ2n) is 6.55. The van der Waals surface area contributed by atoms with Gasteiger partial charge in [-0.25, -0.2) is 4.39 Å². The van der Waals surface area contributed by atoms with Crippen LogP contribution in [0.3, 0.4) is 0 Å². The molecule has 0 saturated heterocycles. The summed E-state index contributed by atoms with van der Waals surface area (Å²) < 4.78 is 24.0. The summed E-state index contributed by atoms with van der Waals surface area (Å²) >= 11 is 0. The smallest absolute Gasteiger partial charge is 0.294 e. The fraction of sp³-hybridized carbons (Fsp3) is 0.143. The standard InChI is InChI=1S/C21H17FN2O3/c1-11-8-12(2)19-13(3)20(26-17(19)9-11)21(25)23-18-10-16(24-27-18)14-4-6-15(22)7-5-14/h4-10H,1-3H3,(H,23,25). The van der Waals surface area contributed by atoms with Gasteiger partial charge >= 0.3 is 0 Å². The normalized spacial score (nSPS) is 11.1. The van der Waals surface area contributed by atoms with E-state index in [1.54, 1.807) is 18.2 Å². The molecular formula is C21H17FN2O3. The van der Waals surface area contributed by atoms with Gasteiger partial charge in [0.1, 0.15) is 17.1 Å². The number of hydrogen-bond donors (Lipinski definition) is 1. The van der Waals surface area contributed by atoms with Gasteiger partial charge in [-0.1, -0.05) is 11.2 Å². The highest BCUT2D eigenvalue weighted by molar-refractivity contribution is 6.06. The van der Waals surface area contributed by atoms with Crippen LogP contribution in [0.15, 0.2) is 51.4 Å². The third kappa shape index (κ3) is 3.10. The van der Waals surface area contributed by atoms with Crippen molar-refractivity contribution < 1.29 is 18.1 Å². The zero-order valence-corrected chi connectivity index (χ0v) is 15.1. The lowest BCUT2D eigenvalue weighted by Crippen LogP contribution is -2.11. The topological polar surface area (TPSA) is 68.3 Å². The number of carbonyl (C=O) groups is 1. The van der Waals surface area contributed by atoms with Crippen LogP contribution in [-0.4, -0.2) is 11.1 Å². The molecule has 5 nitrogen and oxygen atoms in total. The van der Waals surface area contributed by atoms with E-state index in [1.807, 2.05) is 26.8 Å². The van der Waals surface area contributed by atoms with E-state index < -0.39 is 5.91 Å². The lowest BCUT2D eigenvalue weighted by molar-refractivity contribution is 0.0994. The molecule has 0 aliphatic carbocycles. The molecule has 2 aromatic heterocycles. The molecule has 0 aliphatic heterocycles. The van der Waals surface area contributed by atoms with Crippen molar-refractivity contribution in [1.29, 1.82) is 0 Å². The van der Waals surface area contributed by atoms with Crippen LogP contribution in [0.2, 0.25) is 0 Å². The predicted molar refractivity (Wildman–Crippen MR) is 100 cm³/mol. The maximum absolute atomic E-state index is 13.0. The molecule has 0 saturated carbocycles. The molecule has 0 radical (unpaired) electrons. The van der Waals surface area contributed by atoms with Gasteiger partial charge in [0.25, 0.3) is 5.91 Å². The lowest BCUT2D eigenvalue weighted by Gasteiger charge is -1.99. The maximum Gasteiger partial charge on any atom is 0.294 e. The van der Waals surface area contributed by atoms with Crippen molar-refractivity contribution in [2.24, 2.45) is 0 Å². The molecule has 136 valence electrons. The first-order chi connectivity index (χ1) is 12.9. The van der Waals surface area contributed by atoms with Gasteiger partial charge in [0, 0.05) is 22.6 Å². The zero-order valence-electron chi connectivity index (χ0n) is 15.1. The highest BCUT2D eigenvalue weighted by Crippen LogP contribution is 2.30. The van der Waals surface area contributed by atoms with Crippen LogP contribution in [0, 0.1) is 26.6 Å². The molecule has 0 spiro atoms. The summed E-state index contributed by atoms with van der Waals surface area (Å²) in [5, 5.41) is 7.51. The monoisotopic (exact) mass is 364 g/mol. The van der Waals surface area contributed by atoms with E-state index in [0.717, 1.165) is 22.1 Å². The molecule has 6 heteroatoms. The van der Waals surface area contributed by atoms with Crippen LogP contribution >= 0.6 is 0 Å². The van der Waals surface area contributed by atoms with Crippen LogP contribution in [0.25, 0.3) is 22.2 Å². The van der Waals surface area contributed by atoms with Gasteiger partial charge in [0.15, 0.2) is 5.76 Å². The summed E-state index contributed by atoms with van der Waals surface area (Å²) in [6.45, 7) is 5.83. The molecule has 2 aromatic carbocycles. The Labute approximate surface area is 154 Å². The first-order valence-electron chi connectivity index (χ1n) is 8.47. The van der Waals surface area contributed by atoms with Crippen molar-refractivity contribution in [2.45, 2.75) is 20.8 Å². The molecule has 27 heavy (non-hydrogen) atoms. The highest BCUT2D eigenvalue weighted by atomic mass is 19.1. The van der Waals surface area contributed by atoms with Gasteiger partial charge in [-0.15, -0.1) is 0 Å². The largest absolute Gasteiger partial charge is 0.451 e. The second-order valence-corrected chi connectivity index (χ2v) is 6.55. The fourth-order valence-electron chi connectivity index (χ4n) is 3.27. The van der Waals surface area contributed by atoms with Gasteiger partial charge in [-0.05, 0) is 62.2 Å². The fourth-order valence-corrected chi connectivity index (χ4v) is 3.27. The number of rotatable bonds is 3. The molecule has 4 rings (SSSR count). The molecule has 0 aliphatic rings. The van der Waals surface area contributed by atoms with Crippen molar-refractivity contribution in [2.75, 3.05) is 5.32 Å². The van der Waals surface area contributed by atoms with Crippen LogP contribution in [0.5, 0.6) is 0 Å². The number of benzene rings is 2. The Morgan fingerprint density at radius 1 is 1.07 bits per heavy atom. The molecule has 4 aromatic rings. The van der Waals surface area contributed by atoms with E-state index in [1.165, 1.54) is 12.1 Å². The minimum absolute atomic E-state index is 0.187. The number of hydrogen-bond acceptors (Lipinski definition) is 4. The average Bonchev–Trinajstić information content (AvgIpc) is 3.20. The van der Waals surface area contributed by atoms with Gasteiger partial charge < -0.3 is 8.94 Å². The summed E-state index contributed by atoms with van der Waals surface area (Å²) in [7, 11) is 0. The first-order valence-corrected chi connectivity index (χ1v) is 8.47. The van der Waals surface area contributed by atoms with Crippen LogP contribution in [-0.2, 0) is 0 Å². The Morgan fingerprint density at radius 2 is 1.81 bits per heavy atom. The van der Waals surface area contributed by atoms with Crippen LogP contribution < -0.4 is 5.32 Å². The van der Waals surface area contributed by atoms with Crippen molar-refractivity contribution in [3.8, 4) is 11.3 Å². The summed E-state index contributed by atoms with van der Waals surface area (Å²) in [5.74, 6) is -0.324. The molecule has 1 N–H and O–H groups in total. The molecule has 2 heterocycles. The van der Waals surface area contributed by atoms with Gasteiger partial charge in [-0.2, -0.15) is 0 Å². The zero-order chi connectivity index (χ0) is 19.1. The Bertz CT molecular complexity index is 1160. The predicted octanol–water partition coefficient (Wildman–Crippen LogP) is 5.40. The van der Waals surface area contributed by atoms with E-state index in [4.69, 9.17) is 8.94 Å². The van der Waals surface area contributed by atoms with Gasteiger partial charge in [0.05, 0.1) is 0 Å². The van der Waals surface area contributed by atoms with Crippen molar-refractivity contribution in [3.63, 3.8) is 0 Å². The minimum atomic E-state index is -0.414. The molecule has 1 amide bonds.